The van der Waals surface area contributed by atoms with E-state index in [1.165, 1.54) is 18.3 Å². The molecular weight excluding hydrogens is 532 g/mol. The first kappa shape index (κ1) is 27.7. The summed E-state index contributed by atoms with van der Waals surface area (Å²) in [6.45, 7) is 1.90. The van der Waals surface area contributed by atoms with E-state index in [2.05, 4.69) is 21.2 Å². The van der Waals surface area contributed by atoms with E-state index >= 15 is 0 Å². The fraction of sp³-hybridized carbons (Fsp3) is 0.0333. The number of para-hydroxylation sites is 1. The first-order valence-corrected chi connectivity index (χ1v) is 12.4. The lowest BCUT2D eigenvalue weighted by molar-refractivity contribution is -0.136. The number of hydrazone groups is 1. The second kappa shape index (κ2) is 13.0. The highest BCUT2D eigenvalue weighted by molar-refractivity contribution is 6.40. The molecule has 4 rings (SSSR count). The van der Waals surface area contributed by atoms with Gasteiger partial charge in [0, 0.05) is 5.69 Å². The number of hydrogen-bond acceptors (Lipinski definition) is 6. The monoisotopic (exact) mass is 554 g/mol. The molecule has 0 fully saturated rings. The summed E-state index contributed by atoms with van der Waals surface area (Å²) in [6.07, 6.45) is 1.31. The van der Waals surface area contributed by atoms with Crippen molar-refractivity contribution in [2.75, 3.05) is 10.6 Å². The smallest absolute Gasteiger partial charge is 0.345 e. The fourth-order valence-corrected chi connectivity index (χ4v) is 3.73. The molecule has 0 heterocycles. The van der Waals surface area contributed by atoms with E-state index in [4.69, 9.17) is 16.3 Å². The summed E-state index contributed by atoms with van der Waals surface area (Å²) in [5.74, 6) is -2.79. The van der Waals surface area contributed by atoms with Crippen molar-refractivity contribution >= 4 is 52.9 Å². The van der Waals surface area contributed by atoms with Crippen molar-refractivity contribution in [3.63, 3.8) is 0 Å². The Morgan fingerprint density at radius 1 is 0.775 bits per heavy atom. The molecule has 4 aromatic carbocycles. The zero-order valence-corrected chi connectivity index (χ0v) is 21.9. The third-order valence-electron chi connectivity index (χ3n) is 5.47. The van der Waals surface area contributed by atoms with Crippen LogP contribution in [-0.4, -0.2) is 29.9 Å². The van der Waals surface area contributed by atoms with Crippen LogP contribution < -0.4 is 20.8 Å². The van der Waals surface area contributed by atoms with Gasteiger partial charge >= 0.3 is 17.8 Å². The van der Waals surface area contributed by atoms with Crippen LogP contribution in [0, 0.1) is 6.92 Å². The molecule has 0 saturated heterocycles. The normalized spacial score (nSPS) is 10.6. The molecular formula is C30H23ClN4O5. The van der Waals surface area contributed by atoms with Crippen molar-refractivity contribution in [1.29, 1.82) is 0 Å². The maximum atomic E-state index is 12.8. The van der Waals surface area contributed by atoms with Gasteiger partial charge in [0.2, 0.25) is 0 Å². The molecule has 0 radical (unpaired) electrons. The van der Waals surface area contributed by atoms with E-state index in [1.54, 1.807) is 66.7 Å². The van der Waals surface area contributed by atoms with Gasteiger partial charge in [0.25, 0.3) is 5.91 Å². The lowest BCUT2D eigenvalue weighted by atomic mass is 10.1. The minimum absolute atomic E-state index is 0.165. The number of amides is 3. The van der Waals surface area contributed by atoms with Gasteiger partial charge < -0.3 is 15.4 Å². The Hall–Kier alpha value is -5.28. The quantitative estimate of drug-likeness (QED) is 0.0950. The van der Waals surface area contributed by atoms with Gasteiger partial charge in [-0.15, -0.1) is 0 Å². The van der Waals surface area contributed by atoms with Gasteiger partial charge in [-0.1, -0.05) is 48.0 Å². The number of hydrogen-bond donors (Lipinski definition) is 3. The number of carbonyl (C=O) groups is 4. The van der Waals surface area contributed by atoms with Crippen LogP contribution in [0.15, 0.2) is 102 Å². The molecule has 10 heteroatoms. The highest BCUT2D eigenvalue weighted by atomic mass is 35.5. The molecule has 0 unspecified atom stereocenters. The molecule has 0 aliphatic carbocycles. The zero-order chi connectivity index (χ0) is 28.5. The molecule has 0 spiro atoms. The van der Waals surface area contributed by atoms with E-state index in [1.807, 2.05) is 25.1 Å². The number of nitrogens with one attached hydrogen (secondary N) is 3. The van der Waals surface area contributed by atoms with Crippen LogP contribution in [0.25, 0.3) is 0 Å². The van der Waals surface area contributed by atoms with E-state index in [0.717, 1.165) is 5.56 Å². The van der Waals surface area contributed by atoms with Gasteiger partial charge in [0.15, 0.2) is 0 Å². The standard InChI is InChI=1S/C30H23ClN4O5/c1-19-7-6-8-21(17-19)33-27(36)24-10-3-5-12-26(24)34-28(37)29(38)35-32-18-20-13-15-22(16-14-20)40-30(39)23-9-2-4-11-25(23)31/h2-18H,1H3,(H,33,36)(H,34,37)(H,35,38)/b32-18+. The molecule has 3 amide bonds. The van der Waals surface area contributed by atoms with Crippen LogP contribution in [0.1, 0.15) is 31.8 Å². The summed E-state index contributed by atoms with van der Waals surface area (Å²) in [5, 5.41) is 9.28. The number of halogens is 1. The summed E-state index contributed by atoms with van der Waals surface area (Å²) < 4.78 is 5.31. The van der Waals surface area contributed by atoms with Crippen LogP contribution in [0.5, 0.6) is 5.75 Å². The summed E-state index contributed by atoms with van der Waals surface area (Å²) in [5.41, 5.74) is 4.87. The molecule has 3 N–H and O–H groups in total. The van der Waals surface area contributed by atoms with Gasteiger partial charge in [0.05, 0.1) is 28.1 Å². The van der Waals surface area contributed by atoms with Crippen LogP contribution in [0.4, 0.5) is 11.4 Å². The topological polar surface area (TPSA) is 126 Å². The second-order valence-corrected chi connectivity index (χ2v) is 8.87. The summed E-state index contributed by atoms with van der Waals surface area (Å²) in [4.78, 5) is 49.8. The Kier molecular flexibility index (Phi) is 9.01. The highest BCUT2D eigenvalue weighted by Crippen LogP contribution is 2.20. The van der Waals surface area contributed by atoms with Crippen LogP contribution in [0.2, 0.25) is 5.02 Å². The van der Waals surface area contributed by atoms with Crippen molar-refractivity contribution in [1.82, 2.24) is 5.43 Å². The number of ether oxygens (including phenoxy) is 1. The van der Waals surface area contributed by atoms with Gasteiger partial charge in [-0.3, -0.25) is 14.4 Å². The number of aryl methyl sites for hydroxylation is 1. The van der Waals surface area contributed by atoms with E-state index < -0.39 is 23.7 Å². The van der Waals surface area contributed by atoms with Gasteiger partial charge in [-0.05, 0) is 78.7 Å². The molecule has 0 aromatic heterocycles. The molecule has 0 bridgehead atoms. The van der Waals surface area contributed by atoms with E-state index in [0.29, 0.717) is 11.3 Å². The van der Waals surface area contributed by atoms with Gasteiger partial charge in [-0.25, -0.2) is 10.2 Å². The molecule has 40 heavy (non-hydrogen) atoms. The Bertz CT molecular complexity index is 1600. The third kappa shape index (κ3) is 7.40. The molecule has 9 nitrogen and oxygen atoms in total. The van der Waals surface area contributed by atoms with Crippen molar-refractivity contribution in [3.8, 4) is 5.75 Å². The largest absolute Gasteiger partial charge is 0.423 e. The van der Waals surface area contributed by atoms with Gasteiger partial charge in [0.1, 0.15) is 5.75 Å². The van der Waals surface area contributed by atoms with Crippen molar-refractivity contribution in [3.05, 3.63) is 124 Å². The number of nitrogens with zero attached hydrogens (tertiary/aromatic N) is 1. The highest BCUT2D eigenvalue weighted by Gasteiger charge is 2.18. The average molecular weight is 555 g/mol. The molecule has 0 atom stereocenters. The van der Waals surface area contributed by atoms with Crippen LogP contribution >= 0.6 is 11.6 Å². The lowest BCUT2D eigenvalue weighted by Crippen LogP contribution is -2.33. The van der Waals surface area contributed by atoms with Crippen molar-refractivity contribution < 1.29 is 23.9 Å². The number of anilines is 2. The third-order valence-corrected chi connectivity index (χ3v) is 5.80. The summed E-state index contributed by atoms with van der Waals surface area (Å²) in [6, 6.07) is 26.4. The minimum Gasteiger partial charge on any atom is -0.423 e. The predicted molar refractivity (Wildman–Crippen MR) is 153 cm³/mol. The van der Waals surface area contributed by atoms with Gasteiger partial charge in [-0.2, -0.15) is 5.10 Å². The van der Waals surface area contributed by atoms with Crippen molar-refractivity contribution in [2.24, 2.45) is 5.10 Å². The van der Waals surface area contributed by atoms with E-state index in [-0.39, 0.29) is 27.6 Å². The number of esters is 1. The maximum absolute atomic E-state index is 12.8. The number of benzene rings is 4. The molecule has 0 saturated carbocycles. The SMILES string of the molecule is Cc1cccc(NC(=O)c2ccccc2NC(=O)C(=O)N/N=C/c2ccc(OC(=O)c3ccccc3Cl)cc2)c1. The number of rotatable bonds is 7. The average Bonchev–Trinajstić information content (AvgIpc) is 2.94. The predicted octanol–water partition coefficient (Wildman–Crippen LogP) is 5.21. The Balaban J connectivity index is 1.31. The molecule has 0 aliphatic heterocycles. The molecule has 200 valence electrons. The first-order chi connectivity index (χ1) is 19.3. The van der Waals surface area contributed by atoms with E-state index in [9.17, 15) is 19.2 Å². The Morgan fingerprint density at radius 2 is 1.48 bits per heavy atom. The van der Waals surface area contributed by atoms with Crippen LogP contribution in [-0.2, 0) is 9.59 Å². The zero-order valence-electron chi connectivity index (χ0n) is 21.2. The van der Waals surface area contributed by atoms with Crippen molar-refractivity contribution in [2.45, 2.75) is 6.92 Å². The second-order valence-electron chi connectivity index (χ2n) is 8.46. The molecule has 0 aliphatic rings. The summed E-state index contributed by atoms with van der Waals surface area (Å²) in [7, 11) is 0. The fourth-order valence-electron chi connectivity index (χ4n) is 3.52. The number of carbonyl (C=O) groups excluding carboxylic acids is 4. The summed E-state index contributed by atoms with van der Waals surface area (Å²) >= 11 is 6.02. The lowest BCUT2D eigenvalue weighted by Gasteiger charge is -2.11. The maximum Gasteiger partial charge on any atom is 0.345 e. The first-order valence-electron chi connectivity index (χ1n) is 12.0. The molecule has 4 aromatic rings. The Morgan fingerprint density at radius 3 is 2.20 bits per heavy atom. The van der Waals surface area contributed by atoms with Crippen LogP contribution in [0.3, 0.4) is 0 Å². The Labute approximate surface area is 234 Å². The minimum atomic E-state index is -1.03.